The van der Waals surface area contributed by atoms with Crippen LogP contribution in [0.5, 0.6) is 0 Å². The highest BCUT2D eigenvalue weighted by Gasteiger charge is 2.35. The van der Waals surface area contributed by atoms with Crippen molar-refractivity contribution in [2.24, 2.45) is 4.99 Å². The summed E-state index contributed by atoms with van der Waals surface area (Å²) in [5, 5.41) is 9.60. The summed E-state index contributed by atoms with van der Waals surface area (Å²) >= 11 is 0. The predicted molar refractivity (Wildman–Crippen MR) is 65.3 cm³/mol. The largest absolute Gasteiger partial charge is 0.389 e. The SMILES string of the molecule is CC(O)c1cccc(C2(N=C=O)CCCC2)c1. The van der Waals surface area contributed by atoms with Crippen LogP contribution in [-0.4, -0.2) is 11.2 Å². The van der Waals surface area contributed by atoms with Gasteiger partial charge in [-0.25, -0.2) is 4.79 Å². The van der Waals surface area contributed by atoms with Crippen molar-refractivity contribution in [3.05, 3.63) is 35.4 Å². The Morgan fingerprint density at radius 3 is 2.71 bits per heavy atom. The smallest absolute Gasteiger partial charge is 0.235 e. The molecule has 3 heteroatoms. The molecule has 1 unspecified atom stereocenters. The number of rotatable bonds is 3. The Morgan fingerprint density at radius 2 is 2.12 bits per heavy atom. The maximum Gasteiger partial charge on any atom is 0.235 e. The van der Waals surface area contributed by atoms with Gasteiger partial charge in [-0.05, 0) is 30.9 Å². The van der Waals surface area contributed by atoms with E-state index >= 15 is 0 Å². The number of aliphatic hydroxyl groups is 1. The van der Waals surface area contributed by atoms with E-state index in [4.69, 9.17) is 0 Å². The first kappa shape index (κ1) is 12.0. The molecule has 0 aromatic heterocycles. The van der Waals surface area contributed by atoms with Gasteiger partial charge < -0.3 is 5.11 Å². The lowest BCUT2D eigenvalue weighted by atomic mass is 9.87. The summed E-state index contributed by atoms with van der Waals surface area (Å²) in [5.41, 5.74) is 1.50. The first-order valence-electron chi connectivity index (χ1n) is 6.05. The summed E-state index contributed by atoms with van der Waals surface area (Å²) in [7, 11) is 0. The quantitative estimate of drug-likeness (QED) is 0.642. The number of aliphatic imine (C=N–C) groups is 1. The average molecular weight is 231 g/mol. The topological polar surface area (TPSA) is 49.7 Å². The number of hydrogen-bond donors (Lipinski definition) is 1. The first-order valence-corrected chi connectivity index (χ1v) is 6.05. The van der Waals surface area contributed by atoms with Gasteiger partial charge in [0.2, 0.25) is 6.08 Å². The fourth-order valence-electron chi connectivity index (χ4n) is 2.60. The second kappa shape index (κ2) is 4.82. The average Bonchev–Trinajstić information content (AvgIpc) is 2.80. The second-order valence-corrected chi connectivity index (χ2v) is 4.74. The zero-order valence-corrected chi connectivity index (χ0v) is 10.0. The van der Waals surface area contributed by atoms with Crippen LogP contribution in [0.25, 0.3) is 0 Å². The number of hydrogen-bond acceptors (Lipinski definition) is 3. The molecule has 1 fully saturated rings. The predicted octanol–water partition coefficient (Wildman–Crippen LogP) is 2.85. The van der Waals surface area contributed by atoms with Crippen molar-refractivity contribution in [1.82, 2.24) is 0 Å². The standard InChI is InChI=1S/C14H17NO2/c1-11(17)12-5-4-6-13(9-12)14(15-10-16)7-2-3-8-14/h4-6,9,11,17H,2-3,7-8H2,1H3. The monoisotopic (exact) mass is 231 g/mol. The molecule has 0 saturated heterocycles. The minimum Gasteiger partial charge on any atom is -0.389 e. The van der Waals surface area contributed by atoms with E-state index < -0.39 is 11.6 Å². The van der Waals surface area contributed by atoms with Gasteiger partial charge in [0.15, 0.2) is 0 Å². The van der Waals surface area contributed by atoms with E-state index in [0.29, 0.717) is 0 Å². The molecule has 0 radical (unpaired) electrons. The van der Waals surface area contributed by atoms with E-state index in [2.05, 4.69) is 4.99 Å². The first-order chi connectivity index (χ1) is 8.18. The molecule has 0 spiro atoms. The highest BCUT2D eigenvalue weighted by molar-refractivity contribution is 5.40. The molecule has 0 amide bonds. The molecule has 1 atom stereocenters. The molecular formula is C14H17NO2. The fourth-order valence-corrected chi connectivity index (χ4v) is 2.60. The normalized spacial score (nSPS) is 19.6. The number of aliphatic hydroxyl groups excluding tert-OH is 1. The highest BCUT2D eigenvalue weighted by atomic mass is 16.3. The molecule has 1 aliphatic rings. The summed E-state index contributed by atoms with van der Waals surface area (Å²) in [5.74, 6) is 0. The Bertz CT molecular complexity index is 441. The van der Waals surface area contributed by atoms with Crippen LogP contribution in [0.3, 0.4) is 0 Å². The Labute approximate surface area is 101 Å². The molecule has 0 aliphatic heterocycles. The van der Waals surface area contributed by atoms with Crippen LogP contribution in [0.4, 0.5) is 0 Å². The molecule has 1 N–H and O–H groups in total. The maximum atomic E-state index is 10.6. The molecule has 1 aliphatic carbocycles. The van der Waals surface area contributed by atoms with Gasteiger partial charge in [-0.2, -0.15) is 4.99 Å². The number of nitrogens with zero attached hydrogens (tertiary/aromatic N) is 1. The molecule has 1 aromatic rings. The van der Waals surface area contributed by atoms with Gasteiger partial charge in [0.1, 0.15) is 0 Å². The third-order valence-corrected chi connectivity index (χ3v) is 3.60. The van der Waals surface area contributed by atoms with Crippen molar-refractivity contribution >= 4 is 6.08 Å². The van der Waals surface area contributed by atoms with Crippen LogP contribution in [0.15, 0.2) is 29.3 Å². The van der Waals surface area contributed by atoms with Gasteiger partial charge in [0.25, 0.3) is 0 Å². The van der Waals surface area contributed by atoms with Crippen molar-refractivity contribution in [1.29, 1.82) is 0 Å². The Balaban J connectivity index is 2.43. The van der Waals surface area contributed by atoms with E-state index in [9.17, 15) is 9.90 Å². The highest BCUT2D eigenvalue weighted by Crippen LogP contribution is 2.42. The molecule has 90 valence electrons. The summed E-state index contributed by atoms with van der Waals surface area (Å²) in [6.45, 7) is 1.74. The van der Waals surface area contributed by atoms with E-state index in [0.717, 1.165) is 36.8 Å². The summed E-state index contributed by atoms with van der Waals surface area (Å²) in [6.07, 6.45) is 5.18. The third-order valence-electron chi connectivity index (χ3n) is 3.60. The lowest BCUT2D eigenvalue weighted by molar-refractivity contribution is 0.199. The van der Waals surface area contributed by atoms with Crippen LogP contribution in [-0.2, 0) is 10.3 Å². The lowest BCUT2D eigenvalue weighted by Gasteiger charge is -2.23. The fraction of sp³-hybridized carbons (Fsp3) is 0.500. The van der Waals surface area contributed by atoms with Gasteiger partial charge in [-0.15, -0.1) is 0 Å². The van der Waals surface area contributed by atoms with Gasteiger partial charge in [-0.1, -0.05) is 37.1 Å². The van der Waals surface area contributed by atoms with Crippen molar-refractivity contribution in [3.8, 4) is 0 Å². The molecule has 0 bridgehead atoms. The second-order valence-electron chi connectivity index (χ2n) is 4.74. The van der Waals surface area contributed by atoms with Crippen molar-refractivity contribution in [3.63, 3.8) is 0 Å². The van der Waals surface area contributed by atoms with E-state index in [1.807, 2.05) is 24.3 Å². The van der Waals surface area contributed by atoms with Crippen LogP contribution in [0, 0.1) is 0 Å². The Kier molecular flexibility index (Phi) is 3.41. The van der Waals surface area contributed by atoms with Crippen LogP contribution in [0.1, 0.15) is 49.8 Å². The summed E-state index contributed by atoms with van der Waals surface area (Å²) in [4.78, 5) is 14.7. The molecule has 1 aromatic carbocycles. The number of carbonyl (C=O) groups excluding carboxylic acids is 1. The van der Waals surface area contributed by atoms with Crippen molar-refractivity contribution in [2.75, 3.05) is 0 Å². The van der Waals surface area contributed by atoms with Gasteiger partial charge in [0.05, 0.1) is 11.6 Å². The van der Waals surface area contributed by atoms with Crippen LogP contribution < -0.4 is 0 Å². The third kappa shape index (κ3) is 2.31. The molecular weight excluding hydrogens is 214 g/mol. The Hall–Kier alpha value is -1.44. The Morgan fingerprint density at radius 1 is 1.41 bits per heavy atom. The van der Waals surface area contributed by atoms with Crippen molar-refractivity contribution < 1.29 is 9.90 Å². The summed E-state index contributed by atoms with van der Waals surface area (Å²) in [6, 6.07) is 7.74. The lowest BCUT2D eigenvalue weighted by Crippen LogP contribution is -2.19. The maximum absolute atomic E-state index is 10.6. The number of isocyanates is 1. The van der Waals surface area contributed by atoms with Crippen molar-refractivity contribution in [2.45, 2.75) is 44.2 Å². The minimum atomic E-state index is -0.492. The van der Waals surface area contributed by atoms with E-state index in [1.54, 1.807) is 13.0 Å². The van der Waals surface area contributed by atoms with Gasteiger partial charge in [0, 0.05) is 0 Å². The van der Waals surface area contributed by atoms with Crippen LogP contribution >= 0.6 is 0 Å². The molecule has 0 heterocycles. The zero-order chi connectivity index (χ0) is 12.3. The number of benzene rings is 1. The minimum absolute atomic E-state index is 0.396. The van der Waals surface area contributed by atoms with Crippen LogP contribution in [0.2, 0.25) is 0 Å². The molecule has 3 nitrogen and oxygen atoms in total. The van der Waals surface area contributed by atoms with E-state index in [-0.39, 0.29) is 0 Å². The van der Waals surface area contributed by atoms with Gasteiger partial charge >= 0.3 is 0 Å². The zero-order valence-electron chi connectivity index (χ0n) is 10.0. The summed E-state index contributed by atoms with van der Waals surface area (Å²) < 4.78 is 0. The molecule has 2 rings (SSSR count). The van der Waals surface area contributed by atoms with Gasteiger partial charge in [-0.3, -0.25) is 0 Å². The van der Waals surface area contributed by atoms with E-state index in [1.165, 1.54) is 0 Å². The molecule has 17 heavy (non-hydrogen) atoms. The molecule has 1 saturated carbocycles.